The summed E-state index contributed by atoms with van der Waals surface area (Å²) in [4.78, 5) is 5.04. The molecule has 15 heteroatoms. The van der Waals surface area contributed by atoms with Gasteiger partial charge in [-0.25, -0.2) is 4.98 Å². The van der Waals surface area contributed by atoms with Crippen LogP contribution in [0.1, 0.15) is 16.7 Å². The van der Waals surface area contributed by atoms with Gasteiger partial charge in [0.1, 0.15) is 82.0 Å². The SMILES string of the molecule is [B]C1=C([B])C2=C(c3ccc(-c4ccccc4)cc3)c3c(O)c(O)c(O)c(O)c3C2(C2(n3c(-c4c([B])c([B])c([B])c([B])c4[B])nc4ccccc43)C=CC=C2)C([B])=C1[B]. The fraction of sp³-hybridized carbons (Fsp3) is 0.0465. The summed E-state index contributed by atoms with van der Waals surface area (Å²) < 4.78 is 1.78. The number of aromatic hydroxyl groups is 4. The first-order chi connectivity index (χ1) is 27.7. The second kappa shape index (κ2) is 13.0. The van der Waals surface area contributed by atoms with Crippen molar-refractivity contribution >= 4 is 115 Å². The molecule has 5 aromatic carbocycles. The lowest BCUT2D eigenvalue weighted by Crippen LogP contribution is -2.57. The largest absolute Gasteiger partial charge is 0.504 e. The van der Waals surface area contributed by atoms with E-state index in [-0.39, 0.29) is 82.9 Å². The molecule has 0 saturated carbocycles. The number of hydrogen-bond acceptors (Lipinski definition) is 5. The molecule has 6 aromatic rings. The van der Waals surface area contributed by atoms with Crippen molar-refractivity contribution in [2.24, 2.45) is 0 Å². The highest BCUT2D eigenvalue weighted by atomic mass is 16.3. The number of para-hydroxylation sites is 2. The van der Waals surface area contributed by atoms with E-state index in [0.717, 1.165) is 11.1 Å². The van der Waals surface area contributed by atoms with Crippen LogP contribution in [-0.4, -0.2) is 101 Å². The highest BCUT2D eigenvalue weighted by Crippen LogP contribution is 2.70. The summed E-state index contributed by atoms with van der Waals surface area (Å²) in [6.45, 7) is 0. The van der Waals surface area contributed by atoms with Crippen molar-refractivity contribution in [3.63, 3.8) is 0 Å². The molecule has 254 valence electrons. The molecule has 0 spiro atoms. The number of benzene rings is 5. The Morgan fingerprint density at radius 2 is 1.03 bits per heavy atom. The van der Waals surface area contributed by atoms with Crippen LogP contribution < -0.4 is 27.3 Å². The Morgan fingerprint density at radius 3 is 1.67 bits per heavy atom. The summed E-state index contributed by atoms with van der Waals surface area (Å²) in [6.07, 6.45) is 7.05. The third-order valence-electron chi connectivity index (χ3n) is 11.7. The molecule has 3 aliphatic carbocycles. The Hall–Kier alpha value is -5.95. The molecule has 0 amide bonds. The lowest BCUT2D eigenvalue weighted by atomic mass is 9.44. The first-order valence-corrected chi connectivity index (χ1v) is 18.0. The number of phenols is 4. The van der Waals surface area contributed by atoms with E-state index >= 15 is 0 Å². The van der Waals surface area contributed by atoms with Gasteiger partial charge in [0.2, 0.25) is 11.5 Å². The van der Waals surface area contributed by atoms with Crippen molar-refractivity contribution in [1.82, 2.24) is 9.55 Å². The van der Waals surface area contributed by atoms with E-state index in [9.17, 15) is 20.4 Å². The average Bonchev–Trinajstić information content (AvgIpc) is 3.97. The molecule has 3 aliphatic rings. The lowest BCUT2D eigenvalue weighted by Gasteiger charge is -2.53. The smallest absolute Gasteiger partial charge is 0.204 e. The molecule has 4 N–H and O–H groups in total. The third-order valence-corrected chi connectivity index (χ3v) is 11.7. The maximum atomic E-state index is 12.3. The number of rotatable bonds is 5. The summed E-state index contributed by atoms with van der Waals surface area (Å²) in [6, 6.07) is 24.2. The predicted molar refractivity (Wildman–Crippen MR) is 238 cm³/mol. The quantitative estimate of drug-likeness (QED) is 0.120. The van der Waals surface area contributed by atoms with Crippen LogP contribution in [0.25, 0.3) is 39.1 Å². The van der Waals surface area contributed by atoms with E-state index in [4.69, 9.17) is 75.6 Å². The normalized spacial score (nSPS) is 18.1. The van der Waals surface area contributed by atoms with E-state index < -0.39 is 34.0 Å². The first-order valence-electron chi connectivity index (χ1n) is 18.0. The van der Waals surface area contributed by atoms with Crippen LogP contribution in [0, 0.1) is 0 Å². The zero-order valence-corrected chi connectivity index (χ0v) is 30.7. The van der Waals surface area contributed by atoms with Gasteiger partial charge in [-0.3, -0.25) is 0 Å². The van der Waals surface area contributed by atoms with Gasteiger partial charge in [-0.05, 0) is 40.0 Å². The van der Waals surface area contributed by atoms with E-state index in [1.54, 1.807) is 65.3 Å². The van der Waals surface area contributed by atoms with E-state index in [2.05, 4.69) is 0 Å². The summed E-state index contributed by atoms with van der Waals surface area (Å²) in [5, 5.41) is 46.9. The Balaban J connectivity index is 1.50. The number of hydrogen-bond donors (Lipinski definition) is 4. The minimum absolute atomic E-state index is 0.00969. The zero-order chi connectivity index (χ0) is 41.2. The van der Waals surface area contributed by atoms with Gasteiger partial charge in [-0.15, -0.1) is 32.8 Å². The fourth-order valence-corrected chi connectivity index (χ4v) is 9.03. The first kappa shape index (κ1) is 37.6. The summed E-state index contributed by atoms with van der Waals surface area (Å²) >= 11 is 0. The Kier molecular flexibility index (Phi) is 8.46. The van der Waals surface area contributed by atoms with Crippen molar-refractivity contribution in [1.29, 1.82) is 0 Å². The van der Waals surface area contributed by atoms with Crippen LogP contribution >= 0.6 is 0 Å². The molecule has 9 rings (SSSR count). The van der Waals surface area contributed by atoms with Gasteiger partial charge in [0, 0.05) is 16.7 Å². The van der Waals surface area contributed by atoms with Crippen molar-refractivity contribution in [2.75, 3.05) is 0 Å². The molecule has 18 radical (unpaired) electrons. The summed E-state index contributed by atoms with van der Waals surface area (Å²) in [5.74, 6) is -3.45. The molecule has 1 atom stereocenters. The Morgan fingerprint density at radius 1 is 0.500 bits per heavy atom. The number of fused-ring (bicyclic) bond motifs is 4. The number of aromatic nitrogens is 2. The van der Waals surface area contributed by atoms with Crippen LogP contribution in [0.2, 0.25) is 0 Å². The summed E-state index contributed by atoms with van der Waals surface area (Å²) in [7, 11) is 60.6. The fourth-order valence-electron chi connectivity index (χ4n) is 9.03. The molecule has 1 aromatic heterocycles. The minimum atomic E-state index is -2.00. The predicted octanol–water partition coefficient (Wildman–Crippen LogP) is 0.847. The van der Waals surface area contributed by atoms with Crippen molar-refractivity contribution < 1.29 is 20.4 Å². The van der Waals surface area contributed by atoms with Gasteiger partial charge in [0.25, 0.3) is 0 Å². The minimum Gasteiger partial charge on any atom is -0.504 e. The monoisotopic (exact) mass is 728 g/mol. The highest BCUT2D eigenvalue weighted by molar-refractivity contribution is 6.68. The van der Waals surface area contributed by atoms with Crippen LogP contribution in [-0.2, 0) is 11.0 Å². The number of allylic oxidation sites excluding steroid dienone is 9. The van der Waals surface area contributed by atoms with Gasteiger partial charge in [-0.1, -0.05) is 107 Å². The van der Waals surface area contributed by atoms with Crippen LogP contribution in [0.3, 0.4) is 0 Å². The molecular formula is C43H21B9N2O4. The second-order valence-electron chi connectivity index (χ2n) is 14.5. The number of nitrogens with zero attached hydrogens (tertiary/aromatic N) is 2. The molecule has 0 bridgehead atoms. The molecule has 6 nitrogen and oxygen atoms in total. The molecule has 0 fully saturated rings. The van der Waals surface area contributed by atoms with E-state index in [1.165, 1.54) is 0 Å². The van der Waals surface area contributed by atoms with Gasteiger partial charge in [-0.2, -0.15) is 0 Å². The van der Waals surface area contributed by atoms with E-state index in [1.807, 2.05) is 42.5 Å². The van der Waals surface area contributed by atoms with Gasteiger partial charge in [0.15, 0.2) is 11.5 Å². The van der Waals surface area contributed by atoms with Gasteiger partial charge < -0.3 is 25.0 Å². The van der Waals surface area contributed by atoms with Gasteiger partial charge in [0.05, 0.1) is 16.4 Å². The summed E-state index contributed by atoms with van der Waals surface area (Å²) in [5.41, 5.74) is -0.634. The Bertz CT molecular complexity index is 2950. The van der Waals surface area contributed by atoms with Crippen LogP contribution in [0.15, 0.2) is 131 Å². The number of phenolic OH excluding ortho intramolecular Hbond substituents is 4. The third kappa shape index (κ3) is 4.64. The molecule has 0 saturated heterocycles. The molecule has 1 heterocycles. The molecule has 58 heavy (non-hydrogen) atoms. The standard InChI is InChI=1S/C43H21B9N2O4/c44-28-25(29(45)32(48)34(50)31(28)47)41-53-21-10-4-5-11-22(21)54(41)42(16-6-7-17-42)43-26(30(46)33(49)35(51)40(43)52)23(24-27(43)37(56)39(58)38(57)36(24)55)20-14-12-19(13-15-20)18-8-2-1-3-9-18/h1-17,55-58H. The maximum Gasteiger partial charge on any atom is 0.204 e. The molecular weight excluding hydrogens is 706 g/mol. The second-order valence-corrected chi connectivity index (χ2v) is 14.5. The lowest BCUT2D eigenvalue weighted by molar-refractivity contribution is 0.314. The van der Waals surface area contributed by atoms with E-state index in [0.29, 0.717) is 16.6 Å². The molecule has 0 aliphatic heterocycles. The highest BCUT2D eigenvalue weighted by Gasteiger charge is 2.64. The topological polar surface area (TPSA) is 98.7 Å². The van der Waals surface area contributed by atoms with Crippen molar-refractivity contribution in [3.8, 4) is 45.5 Å². The zero-order valence-electron chi connectivity index (χ0n) is 30.7. The molecule has 1 unspecified atom stereocenters. The van der Waals surface area contributed by atoms with Crippen LogP contribution in [0.5, 0.6) is 23.0 Å². The van der Waals surface area contributed by atoms with Crippen LogP contribution in [0.4, 0.5) is 0 Å². The van der Waals surface area contributed by atoms with Crippen molar-refractivity contribution in [2.45, 2.75) is 11.0 Å². The average molecular weight is 727 g/mol. The Labute approximate surface area is 346 Å². The number of imidazole rings is 1. The van der Waals surface area contributed by atoms with Gasteiger partial charge >= 0.3 is 0 Å². The van der Waals surface area contributed by atoms with Crippen molar-refractivity contribution in [3.05, 3.63) is 147 Å². The maximum absolute atomic E-state index is 12.3.